The smallest absolute Gasteiger partial charge is 0.271 e. The van der Waals surface area contributed by atoms with Crippen LogP contribution in [0.5, 0.6) is 0 Å². The van der Waals surface area contributed by atoms with Gasteiger partial charge in [-0.25, -0.2) is 4.68 Å². The SMILES string of the molecule is COCCn1nc(C(=O)NCc2ccc(Cl)cc2Cl)ccc1=O. The Morgan fingerprint density at radius 3 is 2.78 bits per heavy atom. The van der Waals surface area contributed by atoms with E-state index in [0.717, 1.165) is 5.56 Å². The van der Waals surface area contributed by atoms with Gasteiger partial charge in [-0.1, -0.05) is 29.3 Å². The molecule has 0 saturated heterocycles. The molecule has 8 heteroatoms. The third-order valence-electron chi connectivity index (χ3n) is 3.06. The third kappa shape index (κ3) is 4.79. The van der Waals surface area contributed by atoms with Gasteiger partial charge < -0.3 is 10.1 Å². The molecule has 0 bridgehead atoms. The van der Waals surface area contributed by atoms with Crippen LogP contribution in [0.2, 0.25) is 10.0 Å². The van der Waals surface area contributed by atoms with Crippen LogP contribution in [0.25, 0.3) is 0 Å². The van der Waals surface area contributed by atoms with Gasteiger partial charge in [0.05, 0.1) is 13.2 Å². The van der Waals surface area contributed by atoms with Gasteiger partial charge in [0.25, 0.3) is 11.5 Å². The maximum Gasteiger partial charge on any atom is 0.271 e. The van der Waals surface area contributed by atoms with Gasteiger partial charge in [0.1, 0.15) is 5.69 Å². The summed E-state index contributed by atoms with van der Waals surface area (Å²) in [6.45, 7) is 0.839. The molecule has 0 saturated carbocycles. The molecule has 122 valence electrons. The first-order valence-corrected chi connectivity index (χ1v) is 7.56. The number of hydrogen-bond acceptors (Lipinski definition) is 4. The summed E-state index contributed by atoms with van der Waals surface area (Å²) in [6, 6.07) is 7.71. The van der Waals surface area contributed by atoms with Crippen molar-refractivity contribution in [1.82, 2.24) is 15.1 Å². The van der Waals surface area contributed by atoms with Gasteiger partial charge in [0.2, 0.25) is 0 Å². The van der Waals surface area contributed by atoms with Crippen molar-refractivity contribution in [2.45, 2.75) is 13.1 Å². The van der Waals surface area contributed by atoms with Crippen LogP contribution >= 0.6 is 23.2 Å². The lowest BCUT2D eigenvalue weighted by molar-refractivity contribution is 0.0942. The Balaban J connectivity index is 2.07. The van der Waals surface area contributed by atoms with Gasteiger partial charge in [-0.2, -0.15) is 5.10 Å². The molecular weight excluding hydrogens is 341 g/mol. The largest absolute Gasteiger partial charge is 0.383 e. The molecule has 1 amide bonds. The number of benzene rings is 1. The van der Waals surface area contributed by atoms with E-state index in [2.05, 4.69) is 10.4 Å². The minimum Gasteiger partial charge on any atom is -0.383 e. The molecule has 23 heavy (non-hydrogen) atoms. The topological polar surface area (TPSA) is 73.2 Å². The molecule has 0 aliphatic rings. The monoisotopic (exact) mass is 355 g/mol. The van der Waals surface area contributed by atoms with Gasteiger partial charge >= 0.3 is 0 Å². The second kappa shape index (κ2) is 8.10. The van der Waals surface area contributed by atoms with Crippen molar-refractivity contribution in [3.8, 4) is 0 Å². The molecule has 2 aromatic rings. The summed E-state index contributed by atoms with van der Waals surface area (Å²) in [5.41, 5.74) is 0.585. The highest BCUT2D eigenvalue weighted by molar-refractivity contribution is 6.35. The number of hydrogen-bond donors (Lipinski definition) is 1. The van der Waals surface area contributed by atoms with Crippen molar-refractivity contribution in [2.24, 2.45) is 0 Å². The minimum absolute atomic E-state index is 0.144. The standard InChI is InChI=1S/C15H15Cl2N3O3/c1-23-7-6-20-14(21)5-4-13(19-20)15(22)18-9-10-2-3-11(16)8-12(10)17/h2-5,8H,6-7,9H2,1H3,(H,18,22). The lowest BCUT2D eigenvalue weighted by Crippen LogP contribution is -2.30. The van der Waals surface area contributed by atoms with E-state index in [1.54, 1.807) is 18.2 Å². The molecule has 0 spiro atoms. The average Bonchev–Trinajstić information content (AvgIpc) is 2.53. The molecule has 0 aliphatic carbocycles. The van der Waals surface area contributed by atoms with Gasteiger partial charge in [0.15, 0.2) is 0 Å². The molecule has 1 aromatic carbocycles. The van der Waals surface area contributed by atoms with Crippen molar-refractivity contribution in [1.29, 1.82) is 0 Å². The van der Waals surface area contributed by atoms with Gasteiger partial charge in [0, 0.05) is 29.8 Å². The van der Waals surface area contributed by atoms with E-state index in [-0.39, 0.29) is 24.3 Å². The Morgan fingerprint density at radius 2 is 2.09 bits per heavy atom. The van der Waals surface area contributed by atoms with Crippen molar-refractivity contribution in [2.75, 3.05) is 13.7 Å². The number of aromatic nitrogens is 2. The van der Waals surface area contributed by atoms with Crippen molar-refractivity contribution < 1.29 is 9.53 Å². The summed E-state index contributed by atoms with van der Waals surface area (Å²) in [6.07, 6.45) is 0. The third-order valence-corrected chi connectivity index (χ3v) is 3.65. The quantitative estimate of drug-likeness (QED) is 0.861. The maximum absolute atomic E-state index is 12.1. The van der Waals surface area contributed by atoms with E-state index >= 15 is 0 Å². The predicted molar refractivity (Wildman–Crippen MR) is 88.0 cm³/mol. The van der Waals surface area contributed by atoms with Gasteiger partial charge in [-0.15, -0.1) is 0 Å². The van der Waals surface area contributed by atoms with E-state index < -0.39 is 5.91 Å². The summed E-state index contributed by atoms with van der Waals surface area (Å²) in [5, 5.41) is 7.71. The van der Waals surface area contributed by atoms with Gasteiger partial charge in [-0.05, 0) is 23.8 Å². The zero-order chi connectivity index (χ0) is 16.8. The van der Waals surface area contributed by atoms with E-state index in [0.29, 0.717) is 16.7 Å². The second-order valence-corrected chi connectivity index (χ2v) is 5.53. The Hall–Kier alpha value is -1.89. The van der Waals surface area contributed by atoms with E-state index in [1.165, 1.54) is 23.9 Å². The van der Waals surface area contributed by atoms with E-state index in [1.807, 2.05) is 0 Å². The van der Waals surface area contributed by atoms with Crippen LogP contribution in [0.4, 0.5) is 0 Å². The molecule has 2 rings (SSSR count). The molecule has 0 aliphatic heterocycles. The second-order valence-electron chi connectivity index (χ2n) is 4.69. The molecule has 0 unspecified atom stereocenters. The number of nitrogens with zero attached hydrogens (tertiary/aromatic N) is 2. The van der Waals surface area contributed by atoms with Crippen LogP contribution in [0.15, 0.2) is 35.1 Å². The molecular formula is C15H15Cl2N3O3. The predicted octanol–water partition coefficient (Wildman–Crippen LogP) is 2.13. The Kier molecular flexibility index (Phi) is 6.15. The highest BCUT2D eigenvalue weighted by Crippen LogP contribution is 2.20. The average molecular weight is 356 g/mol. The first-order chi connectivity index (χ1) is 11.0. The first-order valence-electron chi connectivity index (χ1n) is 6.80. The summed E-state index contributed by atoms with van der Waals surface area (Å²) >= 11 is 11.9. The lowest BCUT2D eigenvalue weighted by atomic mass is 10.2. The van der Waals surface area contributed by atoms with Crippen molar-refractivity contribution in [3.05, 3.63) is 62.0 Å². The summed E-state index contributed by atoms with van der Waals surface area (Å²) in [4.78, 5) is 23.8. The zero-order valence-corrected chi connectivity index (χ0v) is 13.9. The number of ether oxygens (including phenoxy) is 1. The Labute approximate surface area is 143 Å². The van der Waals surface area contributed by atoms with E-state index in [9.17, 15) is 9.59 Å². The molecule has 1 N–H and O–H groups in total. The van der Waals surface area contributed by atoms with Crippen LogP contribution in [0.3, 0.4) is 0 Å². The zero-order valence-electron chi connectivity index (χ0n) is 12.4. The van der Waals surface area contributed by atoms with Crippen molar-refractivity contribution in [3.63, 3.8) is 0 Å². The number of amides is 1. The summed E-state index contributed by atoms with van der Waals surface area (Å²) < 4.78 is 6.09. The Bertz CT molecular complexity index is 762. The molecule has 6 nitrogen and oxygen atoms in total. The fraction of sp³-hybridized carbons (Fsp3) is 0.267. The van der Waals surface area contributed by atoms with Crippen LogP contribution in [-0.4, -0.2) is 29.4 Å². The number of methoxy groups -OCH3 is 1. The fourth-order valence-electron chi connectivity index (χ4n) is 1.84. The number of carbonyl (C=O) groups excluding carboxylic acids is 1. The highest BCUT2D eigenvalue weighted by atomic mass is 35.5. The molecule has 0 atom stereocenters. The lowest BCUT2D eigenvalue weighted by Gasteiger charge is -2.08. The van der Waals surface area contributed by atoms with E-state index in [4.69, 9.17) is 27.9 Å². The summed E-state index contributed by atoms with van der Waals surface area (Å²) in [7, 11) is 1.53. The number of carbonyl (C=O) groups is 1. The fourth-order valence-corrected chi connectivity index (χ4v) is 2.31. The highest BCUT2D eigenvalue weighted by Gasteiger charge is 2.10. The minimum atomic E-state index is -0.401. The summed E-state index contributed by atoms with van der Waals surface area (Å²) in [5.74, 6) is -0.401. The Morgan fingerprint density at radius 1 is 1.30 bits per heavy atom. The molecule has 0 fully saturated rings. The number of halogens is 2. The number of nitrogens with one attached hydrogen (secondary N) is 1. The van der Waals surface area contributed by atoms with Crippen LogP contribution in [-0.2, 0) is 17.8 Å². The van der Waals surface area contributed by atoms with Crippen LogP contribution in [0.1, 0.15) is 16.1 Å². The van der Waals surface area contributed by atoms with Crippen LogP contribution in [0, 0.1) is 0 Å². The normalized spacial score (nSPS) is 10.6. The van der Waals surface area contributed by atoms with Crippen LogP contribution < -0.4 is 10.9 Å². The maximum atomic E-state index is 12.1. The first kappa shape index (κ1) is 17.5. The molecule has 1 aromatic heterocycles. The molecule has 0 radical (unpaired) electrons. The van der Waals surface area contributed by atoms with Crippen molar-refractivity contribution >= 4 is 29.1 Å². The number of rotatable bonds is 6. The molecule has 1 heterocycles. The van der Waals surface area contributed by atoms with Gasteiger partial charge in [-0.3, -0.25) is 9.59 Å².